The van der Waals surface area contributed by atoms with E-state index in [1.807, 2.05) is 0 Å². The van der Waals surface area contributed by atoms with Crippen LogP contribution in [0.15, 0.2) is 12.4 Å². The van der Waals surface area contributed by atoms with Crippen molar-refractivity contribution in [2.75, 3.05) is 13.2 Å². The molecule has 0 saturated carbocycles. The molecule has 12 nitrogen and oxygen atoms in total. The fourth-order valence-corrected chi connectivity index (χ4v) is 4.56. The molecule has 0 aliphatic carbocycles. The minimum atomic E-state index is -1.35. The Morgan fingerprint density at radius 3 is 1.38 bits per heavy atom. The Morgan fingerprint density at radius 1 is 0.625 bits per heavy atom. The second-order valence-corrected chi connectivity index (χ2v) is 10.5. The molecular weight excluding hydrogens is 516 g/mol. The van der Waals surface area contributed by atoms with E-state index in [0.717, 1.165) is 38.8 Å². The fourth-order valence-electron chi connectivity index (χ4n) is 4.56. The molecule has 0 fully saturated rings. The van der Waals surface area contributed by atoms with Crippen LogP contribution in [0.25, 0.3) is 0 Å². The van der Waals surface area contributed by atoms with Crippen molar-refractivity contribution in [2.24, 2.45) is 0 Å². The van der Waals surface area contributed by atoms with Crippen molar-refractivity contribution in [3.8, 4) is 0 Å². The first kappa shape index (κ1) is 34.2. The van der Waals surface area contributed by atoms with E-state index >= 15 is 0 Å². The maximum Gasteiger partial charge on any atom is 0.115 e. The average molecular weight is 569 g/mol. The summed E-state index contributed by atoms with van der Waals surface area (Å²) in [6, 6.07) is 0. The van der Waals surface area contributed by atoms with E-state index in [4.69, 9.17) is 9.47 Å². The summed E-state index contributed by atoms with van der Waals surface area (Å²) in [5.74, 6) is 0. The molecule has 0 aliphatic heterocycles. The molecule has 0 amide bonds. The molecule has 2 aromatic rings. The Balaban J connectivity index is 1.88. The minimum Gasteiger partial charge on any atom is -0.394 e. The Morgan fingerprint density at radius 2 is 1.00 bits per heavy atom. The van der Waals surface area contributed by atoms with Crippen LogP contribution in [0.5, 0.6) is 0 Å². The van der Waals surface area contributed by atoms with E-state index in [-0.39, 0.29) is 13.2 Å². The summed E-state index contributed by atoms with van der Waals surface area (Å²) in [6.45, 7) is 4.68. The van der Waals surface area contributed by atoms with Gasteiger partial charge in [-0.1, -0.05) is 88.5 Å². The van der Waals surface area contributed by atoms with Crippen LogP contribution < -0.4 is 0 Å². The van der Waals surface area contributed by atoms with Gasteiger partial charge in [0.05, 0.1) is 38.8 Å². The lowest BCUT2D eigenvalue weighted by Crippen LogP contribution is -2.50. The second kappa shape index (κ2) is 20.8. The Kier molecular flexibility index (Phi) is 17.8. The number of aliphatic hydroxyl groups excluding tert-OH is 4. The zero-order chi connectivity index (χ0) is 29.0. The lowest BCUT2D eigenvalue weighted by atomic mass is 10.0. The molecule has 2 heterocycles. The average Bonchev–Trinajstić information content (AvgIpc) is 3.62. The molecule has 2 aromatic heterocycles. The molecule has 0 radical (unpaired) electrons. The molecule has 0 aromatic carbocycles. The predicted molar refractivity (Wildman–Crippen MR) is 150 cm³/mol. The van der Waals surface area contributed by atoms with Gasteiger partial charge in [0.2, 0.25) is 0 Å². The number of rotatable bonds is 25. The molecule has 0 saturated heterocycles. The summed E-state index contributed by atoms with van der Waals surface area (Å²) >= 11 is 0. The number of unbranched alkanes of at least 4 members (excludes halogenated alkanes) is 10. The lowest BCUT2D eigenvalue weighted by Gasteiger charge is -2.32. The van der Waals surface area contributed by atoms with Crippen LogP contribution in [0.3, 0.4) is 0 Å². The topological polar surface area (TPSA) is 161 Å². The van der Waals surface area contributed by atoms with Gasteiger partial charge in [-0.2, -0.15) is 0 Å². The van der Waals surface area contributed by atoms with Crippen LogP contribution in [0.4, 0.5) is 0 Å². The number of aromatic nitrogens is 6. The standard InChI is InChI=1S/C28H52N6O6/c1-3-5-7-9-11-13-15-33-17-23(29-31-33)21-39-27(25(37)19-35)28(26(38)20-36)40-22-24-18-34(32-30-24)16-14-12-10-8-6-4-2/h17-18,25-28,35-38H,3-16,19-22H2,1-2H3/t25-,26-,27-,28-/m1/s1. The van der Waals surface area contributed by atoms with Gasteiger partial charge in [0, 0.05) is 13.1 Å². The van der Waals surface area contributed by atoms with Crippen LogP contribution >= 0.6 is 0 Å². The molecule has 0 bridgehead atoms. The highest BCUT2D eigenvalue weighted by Gasteiger charge is 2.35. The summed E-state index contributed by atoms with van der Waals surface area (Å²) in [4.78, 5) is 0. The van der Waals surface area contributed by atoms with Gasteiger partial charge < -0.3 is 29.9 Å². The number of aryl methyl sites for hydroxylation is 2. The van der Waals surface area contributed by atoms with Crippen molar-refractivity contribution in [3.63, 3.8) is 0 Å². The maximum absolute atomic E-state index is 10.5. The number of ether oxygens (including phenoxy) is 2. The Hall–Kier alpha value is -1.96. The predicted octanol–water partition coefficient (Wildman–Crippen LogP) is 2.77. The van der Waals surface area contributed by atoms with Crippen LogP contribution in [-0.2, 0) is 35.8 Å². The summed E-state index contributed by atoms with van der Waals surface area (Å²) < 4.78 is 15.3. The highest BCUT2D eigenvalue weighted by Crippen LogP contribution is 2.17. The highest BCUT2D eigenvalue weighted by atomic mass is 16.6. The summed E-state index contributed by atoms with van der Waals surface area (Å²) in [6.07, 6.45) is 12.8. The molecule has 230 valence electrons. The molecule has 2 rings (SSSR count). The third kappa shape index (κ3) is 13.1. The van der Waals surface area contributed by atoms with Gasteiger partial charge in [-0.25, -0.2) is 0 Å². The molecule has 12 heteroatoms. The van der Waals surface area contributed by atoms with Gasteiger partial charge in [0.15, 0.2) is 0 Å². The normalized spacial score (nSPS) is 14.8. The molecule has 0 spiro atoms. The fraction of sp³-hybridized carbons (Fsp3) is 0.857. The number of aliphatic hydroxyl groups is 4. The number of hydrogen-bond acceptors (Lipinski definition) is 10. The van der Waals surface area contributed by atoms with Gasteiger partial charge in [0.1, 0.15) is 35.8 Å². The van der Waals surface area contributed by atoms with Gasteiger partial charge >= 0.3 is 0 Å². The summed E-state index contributed by atoms with van der Waals surface area (Å²) in [5.41, 5.74) is 1.10. The van der Waals surface area contributed by atoms with E-state index in [0.29, 0.717) is 11.4 Å². The minimum absolute atomic E-state index is 0.00925. The van der Waals surface area contributed by atoms with Gasteiger partial charge in [0.25, 0.3) is 0 Å². The van der Waals surface area contributed by atoms with Crippen LogP contribution in [0.1, 0.15) is 102 Å². The van der Waals surface area contributed by atoms with Gasteiger partial charge in [-0.15, -0.1) is 10.2 Å². The van der Waals surface area contributed by atoms with Crippen LogP contribution in [-0.4, -0.2) is 88.0 Å². The van der Waals surface area contributed by atoms with Crippen LogP contribution in [0.2, 0.25) is 0 Å². The molecule has 0 aliphatic rings. The van der Waals surface area contributed by atoms with E-state index in [2.05, 4.69) is 34.5 Å². The zero-order valence-corrected chi connectivity index (χ0v) is 24.5. The molecule has 4 atom stereocenters. The van der Waals surface area contributed by atoms with Crippen molar-refractivity contribution in [3.05, 3.63) is 23.8 Å². The SMILES string of the molecule is CCCCCCCCn1cc(CO[C@@H]([C@H](OCc2cn(CCCCCCCC)nn2)[C@H](O)CO)[C@H](O)CO)nn1. The quantitative estimate of drug-likeness (QED) is 0.131. The first-order valence-corrected chi connectivity index (χ1v) is 15.1. The van der Waals surface area contributed by atoms with Crippen molar-refractivity contribution in [1.29, 1.82) is 0 Å². The third-order valence-corrected chi connectivity index (χ3v) is 6.96. The second-order valence-electron chi connectivity index (χ2n) is 10.5. The smallest absolute Gasteiger partial charge is 0.115 e. The molecule has 0 unspecified atom stereocenters. The van der Waals surface area contributed by atoms with Crippen molar-refractivity contribution < 1.29 is 29.9 Å². The maximum atomic E-state index is 10.5. The van der Waals surface area contributed by atoms with E-state index in [1.165, 1.54) is 51.4 Å². The summed E-state index contributed by atoms with van der Waals surface area (Å²) in [5, 5.41) is 56.8. The van der Waals surface area contributed by atoms with Crippen molar-refractivity contribution in [2.45, 2.75) is 142 Å². The largest absolute Gasteiger partial charge is 0.394 e. The lowest BCUT2D eigenvalue weighted by molar-refractivity contribution is -0.178. The first-order valence-electron chi connectivity index (χ1n) is 15.1. The van der Waals surface area contributed by atoms with Crippen molar-refractivity contribution in [1.82, 2.24) is 30.0 Å². The van der Waals surface area contributed by atoms with Crippen molar-refractivity contribution >= 4 is 0 Å². The van der Waals surface area contributed by atoms with Gasteiger partial charge in [-0.3, -0.25) is 9.36 Å². The summed E-state index contributed by atoms with van der Waals surface area (Å²) in [7, 11) is 0. The number of hydrogen-bond donors (Lipinski definition) is 4. The van der Waals surface area contributed by atoms with E-state index in [1.54, 1.807) is 21.8 Å². The Labute approximate surface area is 238 Å². The molecule has 40 heavy (non-hydrogen) atoms. The van der Waals surface area contributed by atoms with E-state index < -0.39 is 37.6 Å². The monoisotopic (exact) mass is 568 g/mol. The highest BCUT2D eigenvalue weighted by molar-refractivity contribution is 4.93. The molecular formula is C28H52N6O6. The Bertz CT molecular complexity index is 811. The third-order valence-electron chi connectivity index (χ3n) is 6.96. The zero-order valence-electron chi connectivity index (χ0n) is 24.5. The van der Waals surface area contributed by atoms with E-state index in [9.17, 15) is 20.4 Å². The molecule has 4 N–H and O–H groups in total. The van der Waals surface area contributed by atoms with Crippen LogP contribution in [0, 0.1) is 0 Å². The first-order chi connectivity index (χ1) is 19.5. The van der Waals surface area contributed by atoms with Gasteiger partial charge in [-0.05, 0) is 12.8 Å². The number of nitrogens with zero attached hydrogens (tertiary/aromatic N) is 6.